The zero-order valence-corrected chi connectivity index (χ0v) is 17.3. The first-order valence-corrected chi connectivity index (χ1v) is 9.42. The first-order valence-electron chi connectivity index (χ1n) is 9.04. The van der Waals surface area contributed by atoms with E-state index in [1.165, 1.54) is 13.4 Å². The zero-order chi connectivity index (χ0) is 21.3. The van der Waals surface area contributed by atoms with Gasteiger partial charge in [-0.25, -0.2) is 9.48 Å². The van der Waals surface area contributed by atoms with E-state index in [0.29, 0.717) is 39.3 Å². The molecule has 0 saturated heterocycles. The normalized spacial score (nSPS) is 15.3. The summed E-state index contributed by atoms with van der Waals surface area (Å²) in [6.07, 6.45) is 1.42. The molecule has 4 rings (SSSR count). The highest BCUT2D eigenvalue weighted by atomic mass is 35.5. The van der Waals surface area contributed by atoms with Crippen LogP contribution < -0.4 is 14.8 Å². The van der Waals surface area contributed by atoms with Crippen LogP contribution in [0.1, 0.15) is 17.2 Å². The lowest BCUT2D eigenvalue weighted by atomic mass is 9.92. The summed E-state index contributed by atoms with van der Waals surface area (Å²) in [5.74, 6) is 1.15. The molecule has 1 aliphatic rings. The van der Waals surface area contributed by atoms with Gasteiger partial charge in [-0.15, -0.1) is 0 Å². The number of carbonyl (C=O) groups excluding carboxylic acids is 1. The molecular weight excluding hydrogens is 408 g/mol. The summed E-state index contributed by atoms with van der Waals surface area (Å²) in [5.41, 5.74) is 2.33. The molecule has 9 heteroatoms. The maximum absolute atomic E-state index is 13.0. The van der Waals surface area contributed by atoms with Crippen LogP contribution in [0.3, 0.4) is 0 Å². The van der Waals surface area contributed by atoms with E-state index in [1.54, 1.807) is 43.2 Å². The molecule has 3 aromatic rings. The Morgan fingerprint density at radius 1 is 1.10 bits per heavy atom. The van der Waals surface area contributed by atoms with Crippen LogP contribution in [0.5, 0.6) is 11.5 Å². The summed E-state index contributed by atoms with van der Waals surface area (Å²) in [6.45, 7) is 0. The standard InChI is InChI=1S/C21H19ClN4O4/c1-28-14-8-9-16(29-2)15(10-14)19-17(20(27)30-3)18(12-4-6-13(22)7-5-12)25-21-23-11-24-26(19)21/h4-11,19H,1-3H3,(H,23,24,25)/t19-/m0/s1. The predicted octanol–water partition coefficient (Wildman–Crippen LogP) is 3.55. The molecule has 0 radical (unpaired) electrons. The van der Waals surface area contributed by atoms with Gasteiger partial charge in [0.25, 0.3) is 0 Å². The van der Waals surface area contributed by atoms with Gasteiger partial charge in [-0.3, -0.25) is 0 Å². The number of fused-ring (bicyclic) bond motifs is 1. The molecular formula is C21H19ClN4O4. The SMILES string of the molecule is COC(=O)C1=C(c2ccc(Cl)cc2)Nc2ncnn2[C@H]1c1cc(OC)ccc1OC. The maximum atomic E-state index is 13.0. The molecule has 154 valence electrons. The van der Waals surface area contributed by atoms with Crippen molar-refractivity contribution >= 4 is 29.2 Å². The van der Waals surface area contributed by atoms with Crippen molar-refractivity contribution in [1.82, 2.24) is 14.8 Å². The summed E-state index contributed by atoms with van der Waals surface area (Å²) in [6, 6.07) is 11.9. The molecule has 1 atom stereocenters. The van der Waals surface area contributed by atoms with Crippen LogP contribution in [-0.2, 0) is 9.53 Å². The lowest BCUT2D eigenvalue weighted by molar-refractivity contribution is -0.136. The van der Waals surface area contributed by atoms with Gasteiger partial charge in [-0.2, -0.15) is 10.1 Å². The molecule has 30 heavy (non-hydrogen) atoms. The summed E-state index contributed by atoms with van der Waals surface area (Å²) in [4.78, 5) is 17.3. The molecule has 1 N–H and O–H groups in total. The molecule has 8 nitrogen and oxygen atoms in total. The van der Waals surface area contributed by atoms with Crippen LogP contribution >= 0.6 is 11.6 Å². The van der Waals surface area contributed by atoms with Crippen LogP contribution in [-0.4, -0.2) is 42.1 Å². The summed E-state index contributed by atoms with van der Waals surface area (Å²) in [7, 11) is 4.48. The fourth-order valence-corrected chi connectivity index (χ4v) is 3.60. The van der Waals surface area contributed by atoms with Crippen molar-refractivity contribution in [1.29, 1.82) is 0 Å². The Kier molecular flexibility index (Phi) is 5.33. The van der Waals surface area contributed by atoms with E-state index in [4.69, 9.17) is 25.8 Å². The van der Waals surface area contributed by atoms with Crippen molar-refractivity contribution in [3.63, 3.8) is 0 Å². The number of anilines is 1. The number of carbonyl (C=O) groups is 1. The van der Waals surface area contributed by atoms with E-state index in [1.807, 2.05) is 18.2 Å². The number of rotatable bonds is 5. The Balaban J connectivity index is 2.01. The molecule has 2 aromatic carbocycles. The fourth-order valence-electron chi connectivity index (χ4n) is 3.47. The van der Waals surface area contributed by atoms with Gasteiger partial charge in [0, 0.05) is 10.6 Å². The van der Waals surface area contributed by atoms with E-state index in [-0.39, 0.29) is 0 Å². The van der Waals surface area contributed by atoms with Crippen molar-refractivity contribution < 1.29 is 19.0 Å². The molecule has 1 aliphatic heterocycles. The second kappa shape index (κ2) is 8.08. The van der Waals surface area contributed by atoms with Crippen molar-refractivity contribution in [2.24, 2.45) is 0 Å². The number of aromatic nitrogens is 3. The predicted molar refractivity (Wildman–Crippen MR) is 112 cm³/mol. The third kappa shape index (κ3) is 3.35. The molecule has 0 unspecified atom stereocenters. The van der Waals surface area contributed by atoms with Gasteiger partial charge in [0.15, 0.2) is 0 Å². The minimum atomic E-state index is -0.660. The zero-order valence-electron chi connectivity index (χ0n) is 16.5. The second-order valence-corrected chi connectivity index (χ2v) is 6.89. The second-order valence-electron chi connectivity index (χ2n) is 6.45. The van der Waals surface area contributed by atoms with Crippen LogP contribution in [0, 0.1) is 0 Å². The van der Waals surface area contributed by atoms with Gasteiger partial charge in [0.05, 0.1) is 32.6 Å². The van der Waals surface area contributed by atoms with Gasteiger partial charge in [-0.05, 0) is 35.9 Å². The maximum Gasteiger partial charge on any atom is 0.338 e. The average molecular weight is 427 g/mol. The van der Waals surface area contributed by atoms with Crippen LogP contribution in [0.2, 0.25) is 5.02 Å². The fraction of sp³-hybridized carbons (Fsp3) is 0.190. The molecule has 0 amide bonds. The number of ether oxygens (including phenoxy) is 3. The Morgan fingerprint density at radius 2 is 1.87 bits per heavy atom. The molecule has 0 saturated carbocycles. The third-order valence-corrected chi connectivity index (χ3v) is 5.12. The van der Waals surface area contributed by atoms with E-state index >= 15 is 0 Å². The molecule has 0 spiro atoms. The highest BCUT2D eigenvalue weighted by Crippen LogP contribution is 2.42. The topological polar surface area (TPSA) is 87.5 Å². The number of hydrogen-bond acceptors (Lipinski definition) is 7. The smallest absolute Gasteiger partial charge is 0.338 e. The van der Waals surface area contributed by atoms with Crippen LogP contribution in [0.15, 0.2) is 54.4 Å². The van der Waals surface area contributed by atoms with E-state index in [9.17, 15) is 4.79 Å². The Hall–Kier alpha value is -3.52. The van der Waals surface area contributed by atoms with Crippen LogP contribution in [0.25, 0.3) is 5.70 Å². The van der Waals surface area contributed by atoms with E-state index in [2.05, 4.69) is 15.4 Å². The quantitative estimate of drug-likeness (QED) is 0.624. The minimum Gasteiger partial charge on any atom is -0.497 e. The number of benzene rings is 2. The summed E-state index contributed by atoms with van der Waals surface area (Å²) < 4.78 is 17.7. The van der Waals surface area contributed by atoms with Gasteiger partial charge in [0.2, 0.25) is 5.95 Å². The first-order chi connectivity index (χ1) is 14.6. The number of nitrogens with zero attached hydrogens (tertiary/aromatic N) is 3. The molecule has 1 aromatic heterocycles. The van der Waals surface area contributed by atoms with Crippen LogP contribution in [0.4, 0.5) is 5.95 Å². The van der Waals surface area contributed by atoms with Gasteiger partial charge < -0.3 is 19.5 Å². The Bertz CT molecular complexity index is 1120. The van der Waals surface area contributed by atoms with Gasteiger partial charge in [0.1, 0.15) is 23.9 Å². The molecule has 0 aliphatic carbocycles. The van der Waals surface area contributed by atoms with Crippen molar-refractivity contribution in [3.8, 4) is 11.5 Å². The number of hydrogen-bond donors (Lipinski definition) is 1. The third-order valence-electron chi connectivity index (χ3n) is 4.87. The number of methoxy groups -OCH3 is 3. The van der Waals surface area contributed by atoms with Gasteiger partial charge in [-0.1, -0.05) is 23.7 Å². The molecule has 2 heterocycles. The first kappa shape index (κ1) is 19.8. The monoisotopic (exact) mass is 426 g/mol. The Morgan fingerprint density at radius 3 is 2.53 bits per heavy atom. The Labute approximate surface area is 178 Å². The molecule has 0 fully saturated rings. The van der Waals surface area contributed by atoms with Crippen molar-refractivity contribution in [2.75, 3.05) is 26.6 Å². The number of esters is 1. The van der Waals surface area contributed by atoms with Crippen molar-refractivity contribution in [2.45, 2.75) is 6.04 Å². The summed E-state index contributed by atoms with van der Waals surface area (Å²) >= 11 is 6.05. The number of nitrogens with one attached hydrogen (secondary N) is 1. The van der Waals surface area contributed by atoms with E-state index < -0.39 is 12.0 Å². The highest BCUT2D eigenvalue weighted by Gasteiger charge is 2.37. The van der Waals surface area contributed by atoms with Gasteiger partial charge >= 0.3 is 5.97 Å². The van der Waals surface area contributed by atoms with Crippen molar-refractivity contribution in [3.05, 3.63) is 70.5 Å². The minimum absolute atomic E-state index is 0.351. The molecule has 0 bridgehead atoms. The van der Waals surface area contributed by atoms with E-state index in [0.717, 1.165) is 5.56 Å². The highest BCUT2D eigenvalue weighted by molar-refractivity contribution is 6.30. The lowest BCUT2D eigenvalue weighted by Gasteiger charge is -2.30. The number of halogens is 1. The largest absolute Gasteiger partial charge is 0.497 e. The lowest BCUT2D eigenvalue weighted by Crippen LogP contribution is -2.29. The summed E-state index contributed by atoms with van der Waals surface area (Å²) in [5, 5.41) is 8.12. The average Bonchev–Trinajstić information content (AvgIpc) is 3.25.